The minimum absolute atomic E-state index is 0.318. The van der Waals surface area contributed by atoms with Gasteiger partial charge in [-0.3, -0.25) is 4.90 Å². The third kappa shape index (κ3) is 3.94. The van der Waals surface area contributed by atoms with Gasteiger partial charge in [0.2, 0.25) is 0 Å². The molecule has 2 N–H and O–H groups in total. The molecule has 0 radical (unpaired) electrons. The van der Waals surface area contributed by atoms with Crippen LogP contribution in [-0.2, 0) is 4.74 Å². The Balaban J connectivity index is 1.68. The third-order valence-corrected chi connectivity index (χ3v) is 4.27. The number of hydrogen-bond donors (Lipinski definition) is 1. The van der Waals surface area contributed by atoms with Crippen LogP contribution in [0.5, 0.6) is 0 Å². The van der Waals surface area contributed by atoms with Crippen LogP contribution in [-0.4, -0.2) is 42.8 Å². The Morgan fingerprint density at radius 3 is 2.88 bits per heavy atom. The van der Waals surface area contributed by atoms with Crippen molar-refractivity contribution in [1.82, 2.24) is 4.90 Å². The molecule has 2 rings (SSSR count). The first kappa shape index (κ1) is 13.3. The van der Waals surface area contributed by atoms with Crippen LogP contribution < -0.4 is 5.73 Å². The summed E-state index contributed by atoms with van der Waals surface area (Å²) >= 11 is 0. The van der Waals surface area contributed by atoms with Crippen molar-refractivity contribution in [2.24, 2.45) is 5.73 Å². The molecule has 100 valence electrons. The lowest BCUT2D eigenvalue weighted by atomic mass is 9.96. The molecule has 17 heavy (non-hydrogen) atoms. The van der Waals surface area contributed by atoms with Crippen molar-refractivity contribution in [1.29, 1.82) is 0 Å². The van der Waals surface area contributed by atoms with Gasteiger partial charge in [0.1, 0.15) is 0 Å². The summed E-state index contributed by atoms with van der Waals surface area (Å²) in [4.78, 5) is 2.61. The van der Waals surface area contributed by atoms with E-state index in [1.165, 1.54) is 58.0 Å². The number of hydrogen-bond acceptors (Lipinski definition) is 3. The highest BCUT2D eigenvalue weighted by molar-refractivity contribution is 4.83. The fourth-order valence-corrected chi connectivity index (χ4v) is 3.28. The number of piperidine rings is 1. The van der Waals surface area contributed by atoms with Gasteiger partial charge >= 0.3 is 0 Å². The standard InChI is InChI=1S/C14H28N2O/c1-12(15)14-8-2-3-9-16(14)10-4-6-13-7-5-11-17-13/h12-14H,2-11,15H2,1H3. The van der Waals surface area contributed by atoms with Gasteiger partial charge in [-0.15, -0.1) is 0 Å². The van der Waals surface area contributed by atoms with Crippen LogP contribution in [0.4, 0.5) is 0 Å². The largest absolute Gasteiger partial charge is 0.378 e. The summed E-state index contributed by atoms with van der Waals surface area (Å²) in [6.45, 7) is 5.60. The zero-order valence-corrected chi connectivity index (χ0v) is 11.2. The lowest BCUT2D eigenvalue weighted by Crippen LogP contribution is -2.49. The van der Waals surface area contributed by atoms with E-state index in [-0.39, 0.29) is 0 Å². The van der Waals surface area contributed by atoms with Crippen LogP contribution in [0.3, 0.4) is 0 Å². The molecule has 2 heterocycles. The topological polar surface area (TPSA) is 38.5 Å². The minimum atomic E-state index is 0.318. The van der Waals surface area contributed by atoms with E-state index in [2.05, 4.69) is 11.8 Å². The summed E-state index contributed by atoms with van der Waals surface area (Å²) in [5.41, 5.74) is 6.09. The van der Waals surface area contributed by atoms with Gasteiger partial charge in [-0.2, -0.15) is 0 Å². The second-order valence-electron chi connectivity index (χ2n) is 5.74. The van der Waals surface area contributed by atoms with Gasteiger partial charge in [0.05, 0.1) is 6.10 Å². The maximum atomic E-state index is 6.09. The Morgan fingerprint density at radius 1 is 1.29 bits per heavy atom. The molecule has 2 aliphatic rings. The molecule has 3 unspecified atom stereocenters. The quantitative estimate of drug-likeness (QED) is 0.800. The summed E-state index contributed by atoms with van der Waals surface area (Å²) in [6.07, 6.45) is 9.59. The zero-order valence-electron chi connectivity index (χ0n) is 11.2. The summed E-state index contributed by atoms with van der Waals surface area (Å²) in [7, 11) is 0. The number of nitrogens with zero attached hydrogens (tertiary/aromatic N) is 1. The zero-order chi connectivity index (χ0) is 12.1. The van der Waals surface area contributed by atoms with Crippen molar-refractivity contribution >= 4 is 0 Å². The molecule has 0 aromatic heterocycles. The summed E-state index contributed by atoms with van der Waals surface area (Å²) in [5.74, 6) is 0. The van der Waals surface area contributed by atoms with Crippen LogP contribution in [0.1, 0.15) is 51.9 Å². The smallest absolute Gasteiger partial charge is 0.0576 e. The van der Waals surface area contributed by atoms with E-state index < -0.39 is 0 Å². The molecular formula is C14H28N2O. The molecule has 0 amide bonds. The van der Waals surface area contributed by atoms with Gasteiger partial charge in [-0.05, 0) is 58.5 Å². The van der Waals surface area contributed by atoms with E-state index in [0.29, 0.717) is 18.2 Å². The van der Waals surface area contributed by atoms with E-state index in [1.54, 1.807) is 0 Å². The first-order chi connectivity index (χ1) is 8.27. The van der Waals surface area contributed by atoms with E-state index in [9.17, 15) is 0 Å². The lowest BCUT2D eigenvalue weighted by molar-refractivity contribution is 0.0879. The molecule has 3 heteroatoms. The second kappa shape index (κ2) is 6.72. The highest BCUT2D eigenvalue weighted by Gasteiger charge is 2.25. The molecule has 3 nitrogen and oxygen atoms in total. The van der Waals surface area contributed by atoms with E-state index in [4.69, 9.17) is 10.5 Å². The third-order valence-electron chi connectivity index (χ3n) is 4.27. The SMILES string of the molecule is CC(N)C1CCCCN1CCCC1CCCO1. The molecule has 2 saturated heterocycles. The summed E-state index contributed by atoms with van der Waals surface area (Å²) in [5, 5.41) is 0. The second-order valence-corrected chi connectivity index (χ2v) is 5.74. The Bertz CT molecular complexity index is 214. The predicted octanol–water partition coefficient (Wildman–Crippen LogP) is 2.15. The fourth-order valence-electron chi connectivity index (χ4n) is 3.28. The predicted molar refractivity (Wildman–Crippen MR) is 71.1 cm³/mol. The number of nitrogens with two attached hydrogens (primary N) is 1. The van der Waals surface area contributed by atoms with E-state index in [0.717, 1.165) is 6.61 Å². The highest BCUT2D eigenvalue weighted by atomic mass is 16.5. The fraction of sp³-hybridized carbons (Fsp3) is 1.00. The first-order valence-electron chi connectivity index (χ1n) is 7.38. The molecule has 2 fully saturated rings. The van der Waals surface area contributed by atoms with Gasteiger partial charge in [0.25, 0.3) is 0 Å². The van der Waals surface area contributed by atoms with Crippen molar-refractivity contribution in [2.75, 3.05) is 19.7 Å². The summed E-state index contributed by atoms with van der Waals surface area (Å²) in [6, 6.07) is 0.936. The van der Waals surface area contributed by atoms with Crippen LogP contribution >= 0.6 is 0 Å². The van der Waals surface area contributed by atoms with Gasteiger partial charge < -0.3 is 10.5 Å². The molecule has 3 atom stereocenters. The normalized spacial score (nSPS) is 32.8. The maximum absolute atomic E-state index is 6.09. The van der Waals surface area contributed by atoms with Crippen molar-refractivity contribution in [3.63, 3.8) is 0 Å². The maximum Gasteiger partial charge on any atom is 0.0576 e. The van der Waals surface area contributed by atoms with Crippen molar-refractivity contribution in [2.45, 2.75) is 70.1 Å². The number of ether oxygens (including phenoxy) is 1. The molecule has 2 aliphatic heterocycles. The molecule has 0 spiro atoms. The average molecular weight is 240 g/mol. The van der Waals surface area contributed by atoms with Crippen molar-refractivity contribution in [3.8, 4) is 0 Å². The van der Waals surface area contributed by atoms with Crippen LogP contribution in [0.15, 0.2) is 0 Å². The number of rotatable bonds is 5. The van der Waals surface area contributed by atoms with Gasteiger partial charge in [0.15, 0.2) is 0 Å². The van der Waals surface area contributed by atoms with Crippen molar-refractivity contribution < 1.29 is 4.74 Å². The van der Waals surface area contributed by atoms with Crippen LogP contribution in [0.25, 0.3) is 0 Å². The highest BCUT2D eigenvalue weighted by Crippen LogP contribution is 2.21. The number of likely N-dealkylation sites (tertiary alicyclic amines) is 1. The Labute approximate surface area is 106 Å². The molecule has 0 aromatic rings. The molecular weight excluding hydrogens is 212 g/mol. The van der Waals surface area contributed by atoms with Crippen LogP contribution in [0, 0.1) is 0 Å². The Hall–Kier alpha value is -0.120. The van der Waals surface area contributed by atoms with E-state index >= 15 is 0 Å². The molecule has 0 aliphatic carbocycles. The van der Waals surface area contributed by atoms with Gasteiger partial charge in [-0.1, -0.05) is 6.42 Å². The molecule has 0 aromatic carbocycles. The Kier molecular flexibility index (Phi) is 5.26. The first-order valence-corrected chi connectivity index (χ1v) is 7.38. The van der Waals surface area contributed by atoms with E-state index in [1.807, 2.05) is 0 Å². The average Bonchev–Trinajstić information content (AvgIpc) is 2.82. The summed E-state index contributed by atoms with van der Waals surface area (Å²) < 4.78 is 5.67. The molecule has 0 bridgehead atoms. The van der Waals surface area contributed by atoms with Crippen molar-refractivity contribution in [3.05, 3.63) is 0 Å². The monoisotopic (exact) mass is 240 g/mol. The Morgan fingerprint density at radius 2 is 2.18 bits per heavy atom. The molecule has 0 saturated carbocycles. The van der Waals surface area contributed by atoms with Crippen LogP contribution in [0.2, 0.25) is 0 Å². The van der Waals surface area contributed by atoms with Gasteiger partial charge in [-0.25, -0.2) is 0 Å². The minimum Gasteiger partial charge on any atom is -0.378 e. The lowest BCUT2D eigenvalue weighted by Gasteiger charge is -2.38. The van der Waals surface area contributed by atoms with Gasteiger partial charge in [0, 0.05) is 18.7 Å².